The number of nitrogens with zero attached hydrogens (tertiary/aromatic N) is 1. The maximum absolute atomic E-state index is 13.3. The van der Waals surface area contributed by atoms with Crippen LogP contribution in [0.15, 0.2) is 54.6 Å². The van der Waals surface area contributed by atoms with Gasteiger partial charge < -0.3 is 35.2 Å². The van der Waals surface area contributed by atoms with Crippen LogP contribution < -0.4 is 5.32 Å². The van der Waals surface area contributed by atoms with Gasteiger partial charge in [-0.05, 0) is 55.5 Å². The number of aromatic hydroxyl groups is 4. The van der Waals surface area contributed by atoms with Crippen molar-refractivity contribution in [3.63, 3.8) is 0 Å². The standard InChI is InChI=1S/C29H28N2O12S/c1-3-42-29(39)18-5-4-6-20(33)24(18)26(36)25-21(34)11-16(12-22(25)35)28(38)43-23-14-31(44(2,40)41)13-19(23)30-27(37)15-7-9-17(32)10-8-15/h4-12,19,23,32-35H,3,13-14H2,1-2H3,(H,30,37). The zero-order chi connectivity index (χ0) is 32.3. The second-order valence-corrected chi connectivity index (χ2v) is 11.8. The fourth-order valence-electron chi connectivity index (χ4n) is 4.58. The number of esters is 2. The molecule has 44 heavy (non-hydrogen) atoms. The zero-order valence-corrected chi connectivity index (χ0v) is 24.2. The molecule has 0 bridgehead atoms. The van der Waals surface area contributed by atoms with Gasteiger partial charge >= 0.3 is 11.9 Å². The van der Waals surface area contributed by atoms with Crippen LogP contribution in [0.2, 0.25) is 0 Å². The average molecular weight is 629 g/mol. The second-order valence-electron chi connectivity index (χ2n) is 9.79. The monoisotopic (exact) mass is 628 g/mol. The van der Waals surface area contributed by atoms with Crippen molar-refractivity contribution in [2.75, 3.05) is 26.0 Å². The number of hydrogen-bond donors (Lipinski definition) is 5. The molecule has 1 amide bonds. The van der Waals surface area contributed by atoms with Gasteiger partial charge in [0.15, 0.2) is 0 Å². The molecule has 1 fully saturated rings. The van der Waals surface area contributed by atoms with Gasteiger partial charge in [-0.3, -0.25) is 9.59 Å². The summed E-state index contributed by atoms with van der Waals surface area (Å²) in [6.45, 7) is 0.963. The van der Waals surface area contributed by atoms with Crippen LogP contribution in [-0.4, -0.2) is 94.9 Å². The molecule has 2 atom stereocenters. The van der Waals surface area contributed by atoms with Crippen LogP contribution in [0.25, 0.3) is 0 Å². The number of nitrogens with one attached hydrogen (secondary N) is 1. The third kappa shape index (κ3) is 6.74. The van der Waals surface area contributed by atoms with E-state index in [0.29, 0.717) is 0 Å². The number of carbonyl (C=O) groups is 4. The number of rotatable bonds is 9. The number of phenols is 4. The Hall–Kier alpha value is -5.15. The van der Waals surface area contributed by atoms with E-state index in [9.17, 15) is 48.0 Å². The van der Waals surface area contributed by atoms with Crippen molar-refractivity contribution in [3.8, 4) is 23.0 Å². The molecule has 1 heterocycles. The van der Waals surface area contributed by atoms with Gasteiger partial charge in [0.05, 0.1) is 42.1 Å². The van der Waals surface area contributed by atoms with E-state index in [-0.39, 0.29) is 36.6 Å². The highest BCUT2D eigenvalue weighted by Gasteiger charge is 2.41. The van der Waals surface area contributed by atoms with E-state index in [0.717, 1.165) is 28.8 Å². The van der Waals surface area contributed by atoms with E-state index in [1.54, 1.807) is 0 Å². The van der Waals surface area contributed by atoms with Crippen LogP contribution in [0.1, 0.15) is 53.9 Å². The first-order valence-corrected chi connectivity index (χ1v) is 14.9. The van der Waals surface area contributed by atoms with E-state index >= 15 is 0 Å². The summed E-state index contributed by atoms with van der Waals surface area (Å²) in [5, 5.41) is 43.7. The summed E-state index contributed by atoms with van der Waals surface area (Å²) in [5.74, 6) is -6.31. The lowest BCUT2D eigenvalue weighted by Gasteiger charge is -2.20. The molecule has 0 aliphatic carbocycles. The highest BCUT2D eigenvalue weighted by molar-refractivity contribution is 7.88. The van der Waals surface area contributed by atoms with Crippen molar-refractivity contribution in [1.82, 2.24) is 9.62 Å². The molecule has 1 saturated heterocycles. The van der Waals surface area contributed by atoms with E-state index in [1.165, 1.54) is 43.3 Å². The summed E-state index contributed by atoms with van der Waals surface area (Å²) in [7, 11) is -3.76. The maximum Gasteiger partial charge on any atom is 0.339 e. The molecular formula is C29H28N2O12S. The maximum atomic E-state index is 13.3. The largest absolute Gasteiger partial charge is 0.508 e. The fraction of sp³-hybridized carbons (Fsp3) is 0.241. The fourth-order valence-corrected chi connectivity index (χ4v) is 5.43. The first-order valence-electron chi connectivity index (χ1n) is 13.1. The van der Waals surface area contributed by atoms with E-state index in [1.807, 2.05) is 0 Å². The first-order chi connectivity index (χ1) is 20.7. The summed E-state index contributed by atoms with van der Waals surface area (Å²) in [5.41, 5.74) is -1.88. The molecule has 0 aromatic heterocycles. The summed E-state index contributed by atoms with van der Waals surface area (Å²) in [6.07, 6.45) is -0.253. The van der Waals surface area contributed by atoms with Crippen molar-refractivity contribution in [1.29, 1.82) is 0 Å². The smallest absolute Gasteiger partial charge is 0.339 e. The summed E-state index contributed by atoms with van der Waals surface area (Å²) >= 11 is 0. The molecule has 0 radical (unpaired) electrons. The number of benzene rings is 3. The predicted octanol–water partition coefficient (Wildman–Crippen LogP) is 1.52. The Labute approximate surface area is 251 Å². The van der Waals surface area contributed by atoms with Crippen LogP contribution in [0, 0.1) is 0 Å². The Morgan fingerprint density at radius 1 is 0.864 bits per heavy atom. The quantitative estimate of drug-likeness (QED) is 0.168. The van der Waals surface area contributed by atoms with E-state index < -0.39 is 79.7 Å². The van der Waals surface area contributed by atoms with Crippen molar-refractivity contribution in [2.24, 2.45) is 0 Å². The van der Waals surface area contributed by atoms with E-state index in [4.69, 9.17) is 9.47 Å². The molecule has 232 valence electrons. The number of ether oxygens (including phenoxy) is 2. The lowest BCUT2D eigenvalue weighted by molar-refractivity contribution is 0.0275. The molecule has 14 nitrogen and oxygen atoms in total. The molecule has 4 rings (SSSR count). The molecule has 0 saturated carbocycles. The Morgan fingerprint density at radius 3 is 2.09 bits per heavy atom. The molecule has 2 unspecified atom stereocenters. The van der Waals surface area contributed by atoms with Crippen LogP contribution in [0.3, 0.4) is 0 Å². The number of phenolic OH excluding ortho intramolecular Hbond substituents is 4. The Bertz CT molecular complexity index is 1710. The van der Waals surface area contributed by atoms with Gasteiger partial charge in [-0.15, -0.1) is 0 Å². The van der Waals surface area contributed by atoms with Gasteiger partial charge in [0.1, 0.15) is 34.7 Å². The van der Waals surface area contributed by atoms with Gasteiger partial charge in [0.25, 0.3) is 5.91 Å². The molecule has 5 N–H and O–H groups in total. The molecule has 1 aliphatic rings. The number of sulfonamides is 1. The number of amides is 1. The minimum atomic E-state index is -3.76. The van der Waals surface area contributed by atoms with Crippen molar-refractivity contribution in [2.45, 2.75) is 19.1 Å². The third-order valence-electron chi connectivity index (χ3n) is 6.73. The van der Waals surface area contributed by atoms with Gasteiger partial charge in [-0.1, -0.05) is 6.07 Å². The molecular weight excluding hydrogens is 600 g/mol. The van der Waals surface area contributed by atoms with Crippen molar-refractivity contribution in [3.05, 3.63) is 82.4 Å². The van der Waals surface area contributed by atoms with Gasteiger partial charge in [-0.25, -0.2) is 18.0 Å². The van der Waals surface area contributed by atoms with Crippen LogP contribution in [0.4, 0.5) is 0 Å². The molecule has 15 heteroatoms. The lowest BCUT2D eigenvalue weighted by Crippen LogP contribution is -2.44. The number of carbonyl (C=O) groups excluding carboxylic acids is 4. The topological polar surface area (TPSA) is 217 Å². The minimum Gasteiger partial charge on any atom is -0.508 e. The lowest BCUT2D eigenvalue weighted by atomic mass is 9.95. The van der Waals surface area contributed by atoms with Gasteiger partial charge in [0.2, 0.25) is 15.8 Å². The summed E-state index contributed by atoms with van der Waals surface area (Å²) < 4.78 is 35.8. The Kier molecular flexibility index (Phi) is 9.11. The third-order valence-corrected chi connectivity index (χ3v) is 7.97. The molecule has 3 aromatic rings. The average Bonchev–Trinajstić information content (AvgIpc) is 3.35. The highest BCUT2D eigenvalue weighted by Crippen LogP contribution is 2.35. The normalized spacial score (nSPS) is 16.7. The number of ketones is 1. The second kappa shape index (κ2) is 12.6. The Morgan fingerprint density at radius 2 is 1.50 bits per heavy atom. The minimum absolute atomic E-state index is 0.0281. The van der Waals surface area contributed by atoms with Crippen molar-refractivity contribution < 1.29 is 57.5 Å². The van der Waals surface area contributed by atoms with Gasteiger partial charge in [0, 0.05) is 12.1 Å². The van der Waals surface area contributed by atoms with Crippen LogP contribution in [0.5, 0.6) is 23.0 Å². The SMILES string of the molecule is CCOC(=O)c1cccc(O)c1C(=O)c1c(O)cc(C(=O)OC2CN(S(C)(=O)=O)CC2NC(=O)c2ccc(O)cc2)cc1O. The first kappa shape index (κ1) is 31.8. The van der Waals surface area contributed by atoms with Crippen LogP contribution in [-0.2, 0) is 19.5 Å². The summed E-state index contributed by atoms with van der Waals surface area (Å²) in [6, 6.07) is 9.51. The molecule has 3 aromatic carbocycles. The molecule has 1 aliphatic heterocycles. The highest BCUT2D eigenvalue weighted by atomic mass is 32.2. The number of hydrogen-bond acceptors (Lipinski definition) is 12. The van der Waals surface area contributed by atoms with E-state index in [2.05, 4.69) is 5.32 Å². The van der Waals surface area contributed by atoms with Crippen molar-refractivity contribution >= 4 is 33.7 Å². The predicted molar refractivity (Wildman–Crippen MR) is 152 cm³/mol. The van der Waals surface area contributed by atoms with Crippen LogP contribution >= 0.6 is 0 Å². The Balaban J connectivity index is 1.59. The molecule has 0 spiro atoms. The summed E-state index contributed by atoms with van der Waals surface area (Å²) in [4.78, 5) is 51.5. The van der Waals surface area contributed by atoms with Gasteiger partial charge in [-0.2, -0.15) is 4.31 Å². The zero-order valence-electron chi connectivity index (χ0n) is 23.4.